The largest absolute Gasteiger partial charge is 0.489 e. The summed E-state index contributed by atoms with van der Waals surface area (Å²) in [6.07, 6.45) is 7.50. The molecule has 1 saturated heterocycles. The molecule has 4 heterocycles. The van der Waals surface area contributed by atoms with Gasteiger partial charge < -0.3 is 25.1 Å². The maximum absolute atomic E-state index is 14.3. The maximum atomic E-state index is 14.3. The molecule has 0 bridgehead atoms. The van der Waals surface area contributed by atoms with Crippen molar-refractivity contribution in [2.24, 2.45) is 0 Å². The molecule has 0 unspecified atom stereocenters. The topological polar surface area (TPSA) is 88.3 Å². The number of aromatic amines is 1. The van der Waals surface area contributed by atoms with E-state index in [1.54, 1.807) is 25.4 Å². The number of benzene rings is 1. The standard InChI is InChI=1S/C26H27FN4O3/c1-15-18(27)5-2-6-19(15)30-23-21-24(26(8-9-26)14-29-25(21)32)31-22(23)17-7-10-28-12-20(17)34-13-16-4-3-11-33-16/h2,5-7,10,12,16,30-31H,3-4,8-9,11,13-14H2,1H3,(H,29,32)/t16-/m1/s1. The number of halogens is 1. The number of hydrogen-bond acceptors (Lipinski definition) is 5. The molecule has 1 saturated carbocycles. The molecule has 1 aliphatic carbocycles. The van der Waals surface area contributed by atoms with Gasteiger partial charge in [0.05, 0.1) is 29.2 Å². The molecule has 3 aliphatic rings. The Morgan fingerprint density at radius 1 is 1.32 bits per heavy atom. The molecule has 3 aromatic rings. The second kappa shape index (κ2) is 8.13. The SMILES string of the molecule is Cc1c(F)cccc1Nc1c(-c2ccncc2OC[C@H]2CCCO2)[nH]c2c1C(=O)NCC21CC1. The van der Waals surface area contributed by atoms with Crippen LogP contribution in [0.15, 0.2) is 36.7 Å². The third-order valence-electron chi connectivity index (χ3n) is 7.23. The van der Waals surface area contributed by atoms with Gasteiger partial charge in [0, 0.05) is 47.3 Å². The van der Waals surface area contributed by atoms with E-state index in [2.05, 4.69) is 20.6 Å². The number of nitrogens with zero attached hydrogens (tertiary/aromatic N) is 1. The first kappa shape index (κ1) is 21.2. The molecule has 2 fully saturated rings. The van der Waals surface area contributed by atoms with Crippen molar-refractivity contribution < 1.29 is 18.7 Å². The van der Waals surface area contributed by atoms with E-state index in [0.717, 1.165) is 49.2 Å². The van der Waals surface area contributed by atoms with Gasteiger partial charge in [-0.05, 0) is 50.8 Å². The zero-order chi connectivity index (χ0) is 23.3. The first-order chi connectivity index (χ1) is 16.6. The highest BCUT2D eigenvalue weighted by Crippen LogP contribution is 2.54. The second-order valence-corrected chi connectivity index (χ2v) is 9.44. The summed E-state index contributed by atoms with van der Waals surface area (Å²) in [5, 5.41) is 6.43. The third kappa shape index (κ3) is 3.53. The number of anilines is 2. The number of rotatable bonds is 6. The van der Waals surface area contributed by atoms with E-state index < -0.39 is 0 Å². The van der Waals surface area contributed by atoms with Gasteiger partial charge in [-0.1, -0.05) is 6.07 Å². The van der Waals surface area contributed by atoms with E-state index >= 15 is 0 Å². The van der Waals surface area contributed by atoms with E-state index in [1.807, 2.05) is 12.1 Å². The van der Waals surface area contributed by atoms with Crippen molar-refractivity contribution in [3.05, 3.63) is 59.3 Å². The van der Waals surface area contributed by atoms with Crippen molar-refractivity contribution in [1.29, 1.82) is 0 Å². The Morgan fingerprint density at radius 3 is 3.00 bits per heavy atom. The molecule has 2 aliphatic heterocycles. The minimum Gasteiger partial charge on any atom is -0.489 e. The van der Waals surface area contributed by atoms with E-state index in [9.17, 15) is 9.18 Å². The Labute approximate surface area is 197 Å². The van der Waals surface area contributed by atoms with Gasteiger partial charge >= 0.3 is 0 Å². The van der Waals surface area contributed by atoms with Crippen LogP contribution in [0.1, 0.15) is 47.3 Å². The molecular weight excluding hydrogens is 435 g/mol. The van der Waals surface area contributed by atoms with Crippen LogP contribution in [0.25, 0.3) is 11.3 Å². The Morgan fingerprint density at radius 2 is 2.21 bits per heavy atom. The molecule has 7 nitrogen and oxygen atoms in total. The normalized spacial score (nSPS) is 20.2. The minimum absolute atomic E-state index is 0.0675. The predicted molar refractivity (Wildman–Crippen MR) is 126 cm³/mol. The van der Waals surface area contributed by atoms with Crippen LogP contribution >= 0.6 is 0 Å². The zero-order valence-electron chi connectivity index (χ0n) is 19.0. The summed E-state index contributed by atoms with van der Waals surface area (Å²) in [6, 6.07) is 6.79. The Balaban J connectivity index is 1.46. The fourth-order valence-electron chi connectivity index (χ4n) is 4.99. The first-order valence-electron chi connectivity index (χ1n) is 11.8. The van der Waals surface area contributed by atoms with Crippen LogP contribution in [-0.4, -0.2) is 41.7 Å². The van der Waals surface area contributed by atoms with Gasteiger partial charge in [-0.25, -0.2) is 4.39 Å². The van der Waals surface area contributed by atoms with Crippen LogP contribution in [0, 0.1) is 12.7 Å². The van der Waals surface area contributed by atoms with Crippen molar-refractivity contribution in [3.63, 3.8) is 0 Å². The number of fused-ring (bicyclic) bond motifs is 2. The first-order valence-corrected chi connectivity index (χ1v) is 11.8. The van der Waals surface area contributed by atoms with Gasteiger partial charge in [-0.2, -0.15) is 0 Å². The number of carbonyl (C=O) groups excluding carboxylic acids is 1. The minimum atomic E-state index is -0.302. The Kier molecular flexibility index (Phi) is 5.06. The van der Waals surface area contributed by atoms with E-state index in [1.165, 1.54) is 6.07 Å². The average molecular weight is 463 g/mol. The van der Waals surface area contributed by atoms with Gasteiger partial charge in [-0.3, -0.25) is 9.78 Å². The zero-order valence-corrected chi connectivity index (χ0v) is 19.0. The van der Waals surface area contributed by atoms with E-state index in [0.29, 0.717) is 41.4 Å². The number of aromatic nitrogens is 2. The van der Waals surface area contributed by atoms with Crippen LogP contribution in [0.4, 0.5) is 15.8 Å². The number of pyridine rings is 1. The summed E-state index contributed by atoms with van der Waals surface area (Å²) >= 11 is 0. The van der Waals surface area contributed by atoms with Crippen LogP contribution < -0.4 is 15.4 Å². The summed E-state index contributed by atoms with van der Waals surface area (Å²) in [7, 11) is 0. The molecule has 1 spiro atoms. The van der Waals surface area contributed by atoms with Crippen molar-refractivity contribution in [1.82, 2.24) is 15.3 Å². The van der Waals surface area contributed by atoms with Gasteiger partial charge in [-0.15, -0.1) is 0 Å². The lowest BCUT2D eigenvalue weighted by molar-refractivity contribution is 0.0680. The smallest absolute Gasteiger partial charge is 0.255 e. The van der Waals surface area contributed by atoms with Crippen molar-refractivity contribution in [2.45, 2.75) is 44.1 Å². The molecule has 2 aromatic heterocycles. The summed E-state index contributed by atoms with van der Waals surface area (Å²) in [4.78, 5) is 20.9. The lowest BCUT2D eigenvalue weighted by atomic mass is 9.93. The monoisotopic (exact) mass is 462 g/mol. The Hall–Kier alpha value is -3.39. The van der Waals surface area contributed by atoms with Crippen LogP contribution in [0.2, 0.25) is 0 Å². The Bertz CT molecular complexity index is 1260. The molecule has 0 radical (unpaired) electrons. The number of amides is 1. The van der Waals surface area contributed by atoms with Gasteiger partial charge in [0.15, 0.2) is 0 Å². The summed E-state index contributed by atoms with van der Waals surface area (Å²) in [5.41, 5.74) is 4.71. The molecular formula is C26H27FN4O3. The second-order valence-electron chi connectivity index (χ2n) is 9.44. The number of H-pyrrole nitrogens is 1. The molecule has 3 N–H and O–H groups in total. The lowest BCUT2D eigenvalue weighted by Crippen LogP contribution is -2.39. The number of hydrogen-bond donors (Lipinski definition) is 3. The molecule has 8 heteroatoms. The molecule has 1 amide bonds. The van der Waals surface area contributed by atoms with Gasteiger partial charge in [0.25, 0.3) is 5.91 Å². The fraction of sp³-hybridized carbons (Fsp3) is 0.385. The summed E-state index contributed by atoms with van der Waals surface area (Å²) in [5.74, 6) is 0.173. The highest BCUT2D eigenvalue weighted by Gasteiger charge is 2.51. The maximum Gasteiger partial charge on any atom is 0.255 e. The summed E-state index contributed by atoms with van der Waals surface area (Å²) in [6.45, 7) is 3.54. The number of ether oxygens (including phenoxy) is 2. The highest BCUT2D eigenvalue weighted by atomic mass is 19.1. The number of nitrogens with one attached hydrogen (secondary N) is 3. The van der Waals surface area contributed by atoms with E-state index in [-0.39, 0.29) is 23.2 Å². The average Bonchev–Trinajstić information content (AvgIpc) is 3.25. The van der Waals surface area contributed by atoms with Crippen molar-refractivity contribution in [2.75, 3.05) is 25.1 Å². The molecule has 1 aromatic carbocycles. The molecule has 1 atom stereocenters. The lowest BCUT2D eigenvalue weighted by Gasteiger charge is -2.23. The van der Waals surface area contributed by atoms with Gasteiger partial charge in [0.1, 0.15) is 18.2 Å². The van der Waals surface area contributed by atoms with Crippen LogP contribution in [0.5, 0.6) is 5.75 Å². The third-order valence-corrected chi connectivity index (χ3v) is 7.23. The molecule has 34 heavy (non-hydrogen) atoms. The molecule has 176 valence electrons. The molecule has 6 rings (SSSR count). The van der Waals surface area contributed by atoms with Crippen molar-refractivity contribution in [3.8, 4) is 17.0 Å². The van der Waals surface area contributed by atoms with E-state index in [4.69, 9.17) is 9.47 Å². The van der Waals surface area contributed by atoms with Crippen LogP contribution in [-0.2, 0) is 10.2 Å². The number of carbonyl (C=O) groups is 1. The quantitative estimate of drug-likeness (QED) is 0.498. The van der Waals surface area contributed by atoms with Crippen molar-refractivity contribution >= 4 is 17.3 Å². The van der Waals surface area contributed by atoms with Gasteiger partial charge in [0.2, 0.25) is 0 Å². The highest BCUT2D eigenvalue weighted by molar-refractivity contribution is 6.07. The predicted octanol–water partition coefficient (Wildman–Crippen LogP) is 4.60. The fourth-order valence-corrected chi connectivity index (χ4v) is 4.99. The van der Waals surface area contributed by atoms with Crippen LogP contribution in [0.3, 0.4) is 0 Å². The summed E-state index contributed by atoms with van der Waals surface area (Å²) < 4.78 is 26.2.